The number of rotatable bonds is 5. The lowest BCUT2D eigenvalue weighted by atomic mass is 9.93. The predicted molar refractivity (Wildman–Crippen MR) is 108 cm³/mol. The Morgan fingerprint density at radius 2 is 1.54 bits per heavy atom. The van der Waals surface area contributed by atoms with Crippen molar-refractivity contribution in [3.05, 3.63) is 77.7 Å². The van der Waals surface area contributed by atoms with E-state index in [0.717, 1.165) is 5.76 Å². The van der Waals surface area contributed by atoms with Gasteiger partial charge in [-0.3, -0.25) is 9.59 Å². The van der Waals surface area contributed by atoms with Gasteiger partial charge in [-0.2, -0.15) is 0 Å². The zero-order chi connectivity index (χ0) is 20.1. The molecule has 6 heteroatoms. The van der Waals surface area contributed by atoms with Gasteiger partial charge in [-0.15, -0.1) is 0 Å². The van der Waals surface area contributed by atoms with Crippen molar-refractivity contribution >= 4 is 23.2 Å². The summed E-state index contributed by atoms with van der Waals surface area (Å²) in [5.41, 5.74) is 2.32. The lowest BCUT2D eigenvalue weighted by Crippen LogP contribution is -2.15. The topological polar surface area (TPSA) is 84.2 Å². The van der Waals surface area contributed by atoms with Crippen molar-refractivity contribution in [2.75, 3.05) is 10.6 Å². The van der Waals surface area contributed by atoms with Crippen molar-refractivity contribution in [1.29, 1.82) is 0 Å². The van der Waals surface area contributed by atoms with E-state index in [9.17, 15) is 9.59 Å². The summed E-state index contributed by atoms with van der Waals surface area (Å²) in [6.07, 6.45) is 0.131. The maximum Gasteiger partial charge on any atom is 0.255 e. The van der Waals surface area contributed by atoms with Crippen LogP contribution in [0.2, 0.25) is 0 Å². The third-order valence-corrected chi connectivity index (χ3v) is 4.10. The molecule has 28 heavy (non-hydrogen) atoms. The van der Waals surface area contributed by atoms with Crippen LogP contribution in [0.15, 0.2) is 65.2 Å². The molecule has 0 saturated carbocycles. The second-order valence-electron chi connectivity index (χ2n) is 7.55. The Labute approximate surface area is 163 Å². The molecule has 0 atom stereocenters. The number of aromatic nitrogens is 1. The summed E-state index contributed by atoms with van der Waals surface area (Å²) >= 11 is 0. The van der Waals surface area contributed by atoms with Gasteiger partial charge in [-0.1, -0.05) is 44.1 Å². The molecule has 0 aliphatic heterocycles. The number of nitrogens with one attached hydrogen (secondary N) is 2. The molecular formula is C22H23N3O3. The number of hydrogen-bond acceptors (Lipinski definition) is 4. The van der Waals surface area contributed by atoms with Gasteiger partial charge < -0.3 is 15.2 Å². The van der Waals surface area contributed by atoms with E-state index in [4.69, 9.17) is 4.52 Å². The van der Waals surface area contributed by atoms with Gasteiger partial charge in [0.1, 0.15) is 5.76 Å². The average Bonchev–Trinajstić information content (AvgIpc) is 3.13. The van der Waals surface area contributed by atoms with Gasteiger partial charge in [0.15, 0.2) is 0 Å². The molecule has 1 aromatic heterocycles. The number of amides is 2. The van der Waals surface area contributed by atoms with E-state index in [1.54, 1.807) is 36.4 Å². The summed E-state index contributed by atoms with van der Waals surface area (Å²) in [7, 11) is 0. The van der Waals surface area contributed by atoms with Crippen molar-refractivity contribution in [2.45, 2.75) is 32.6 Å². The average molecular weight is 377 g/mol. The normalized spacial score (nSPS) is 11.1. The summed E-state index contributed by atoms with van der Waals surface area (Å²) < 4.78 is 5.30. The van der Waals surface area contributed by atoms with Gasteiger partial charge in [0, 0.05) is 28.4 Å². The Morgan fingerprint density at radius 1 is 0.929 bits per heavy atom. The minimum absolute atomic E-state index is 0.131. The smallest absolute Gasteiger partial charge is 0.255 e. The third-order valence-electron chi connectivity index (χ3n) is 4.10. The van der Waals surface area contributed by atoms with Gasteiger partial charge in [0.25, 0.3) is 5.91 Å². The van der Waals surface area contributed by atoms with E-state index >= 15 is 0 Å². The fourth-order valence-electron chi connectivity index (χ4n) is 2.55. The third kappa shape index (κ3) is 5.07. The van der Waals surface area contributed by atoms with Crippen molar-refractivity contribution in [3.63, 3.8) is 0 Å². The van der Waals surface area contributed by atoms with E-state index in [1.807, 2.05) is 45.0 Å². The minimum atomic E-state index is -0.185. The van der Waals surface area contributed by atoms with E-state index in [0.29, 0.717) is 22.6 Å². The Balaban J connectivity index is 1.56. The molecule has 2 aromatic carbocycles. The molecule has 0 unspecified atom stereocenters. The van der Waals surface area contributed by atoms with Crippen LogP contribution in [0.4, 0.5) is 11.4 Å². The molecule has 1 heterocycles. The van der Waals surface area contributed by atoms with Crippen LogP contribution in [0, 0.1) is 0 Å². The van der Waals surface area contributed by atoms with E-state index in [-0.39, 0.29) is 23.7 Å². The fraction of sp³-hybridized carbons (Fsp3) is 0.227. The van der Waals surface area contributed by atoms with Crippen LogP contribution in [0.3, 0.4) is 0 Å². The van der Waals surface area contributed by atoms with Gasteiger partial charge in [0.2, 0.25) is 5.91 Å². The molecular weight excluding hydrogens is 354 g/mol. The first kappa shape index (κ1) is 19.4. The molecule has 0 aliphatic rings. The molecule has 0 saturated heterocycles. The first-order valence-electron chi connectivity index (χ1n) is 9.04. The summed E-state index contributed by atoms with van der Waals surface area (Å²) in [5, 5.41) is 9.60. The van der Waals surface area contributed by atoms with Crippen LogP contribution in [0.5, 0.6) is 0 Å². The highest BCUT2D eigenvalue weighted by atomic mass is 16.5. The van der Waals surface area contributed by atoms with Crippen LogP contribution >= 0.6 is 0 Å². The monoisotopic (exact) mass is 377 g/mol. The van der Waals surface area contributed by atoms with Crippen LogP contribution in [0.1, 0.15) is 42.6 Å². The Morgan fingerprint density at radius 3 is 2.11 bits per heavy atom. The zero-order valence-corrected chi connectivity index (χ0v) is 16.2. The van der Waals surface area contributed by atoms with E-state index in [1.165, 1.54) is 0 Å². The zero-order valence-electron chi connectivity index (χ0n) is 16.2. The molecule has 144 valence electrons. The summed E-state index contributed by atoms with van der Waals surface area (Å²) in [6, 6.07) is 17.7. The highest BCUT2D eigenvalue weighted by molar-refractivity contribution is 6.04. The number of carbonyl (C=O) groups excluding carboxylic acids is 2. The molecule has 0 spiro atoms. The van der Waals surface area contributed by atoms with Crippen molar-refractivity contribution in [1.82, 2.24) is 5.16 Å². The first-order chi connectivity index (χ1) is 13.3. The number of anilines is 2. The van der Waals surface area contributed by atoms with Crippen LogP contribution < -0.4 is 10.6 Å². The summed E-state index contributed by atoms with van der Waals surface area (Å²) in [5.74, 6) is 0.377. The highest BCUT2D eigenvalue weighted by Gasteiger charge is 2.20. The number of nitrogens with zero attached hydrogens (tertiary/aromatic N) is 1. The Hall–Kier alpha value is -3.41. The standard InChI is InChI=1S/C22H23N3O3/c1-22(2,3)19-13-18(25-28-19)14-20(26)23-16-9-11-17(12-10-16)24-21(27)15-7-5-4-6-8-15/h4-13H,14H2,1-3H3,(H,23,26)(H,24,27). The van der Waals surface area contributed by atoms with Gasteiger partial charge in [0.05, 0.1) is 12.1 Å². The van der Waals surface area contributed by atoms with E-state index < -0.39 is 0 Å². The second-order valence-corrected chi connectivity index (χ2v) is 7.55. The molecule has 0 aliphatic carbocycles. The highest BCUT2D eigenvalue weighted by Crippen LogP contribution is 2.23. The maximum atomic E-state index is 12.2. The lowest BCUT2D eigenvalue weighted by Gasteiger charge is -2.12. The molecule has 2 amide bonds. The number of benzene rings is 2. The largest absolute Gasteiger partial charge is 0.361 e. The van der Waals surface area contributed by atoms with Gasteiger partial charge >= 0.3 is 0 Å². The van der Waals surface area contributed by atoms with Crippen LogP contribution in [-0.4, -0.2) is 17.0 Å². The quantitative estimate of drug-likeness (QED) is 0.690. The van der Waals surface area contributed by atoms with E-state index in [2.05, 4.69) is 15.8 Å². The Kier molecular flexibility index (Phi) is 5.59. The summed E-state index contributed by atoms with van der Waals surface area (Å²) in [4.78, 5) is 24.4. The SMILES string of the molecule is CC(C)(C)c1cc(CC(=O)Nc2ccc(NC(=O)c3ccccc3)cc2)no1. The molecule has 0 fully saturated rings. The first-order valence-corrected chi connectivity index (χ1v) is 9.04. The van der Waals surface area contributed by atoms with Gasteiger partial charge in [-0.05, 0) is 36.4 Å². The van der Waals surface area contributed by atoms with Crippen LogP contribution in [-0.2, 0) is 16.6 Å². The molecule has 6 nitrogen and oxygen atoms in total. The van der Waals surface area contributed by atoms with Crippen molar-refractivity contribution in [2.24, 2.45) is 0 Å². The molecule has 0 bridgehead atoms. The number of hydrogen-bond donors (Lipinski definition) is 2. The van der Waals surface area contributed by atoms with Crippen molar-refractivity contribution in [3.8, 4) is 0 Å². The van der Waals surface area contributed by atoms with Crippen molar-refractivity contribution < 1.29 is 14.1 Å². The summed E-state index contributed by atoms with van der Waals surface area (Å²) in [6.45, 7) is 6.07. The molecule has 3 rings (SSSR count). The molecule has 3 aromatic rings. The van der Waals surface area contributed by atoms with Gasteiger partial charge in [-0.25, -0.2) is 0 Å². The molecule has 0 radical (unpaired) electrons. The number of carbonyl (C=O) groups is 2. The fourth-order valence-corrected chi connectivity index (χ4v) is 2.55. The minimum Gasteiger partial charge on any atom is -0.361 e. The lowest BCUT2D eigenvalue weighted by molar-refractivity contribution is -0.115. The predicted octanol–water partition coefficient (Wildman–Crippen LogP) is 4.41. The maximum absolute atomic E-state index is 12.2. The second kappa shape index (κ2) is 8.08. The molecule has 2 N–H and O–H groups in total. The van der Waals surface area contributed by atoms with Crippen LogP contribution in [0.25, 0.3) is 0 Å². The Bertz CT molecular complexity index is 955.